The van der Waals surface area contributed by atoms with Gasteiger partial charge in [0.15, 0.2) is 5.78 Å². The number of rotatable bonds is 2. The van der Waals surface area contributed by atoms with Gasteiger partial charge in [-0.05, 0) is 19.8 Å². The van der Waals surface area contributed by atoms with Gasteiger partial charge in [0, 0.05) is 13.5 Å². The summed E-state index contributed by atoms with van der Waals surface area (Å²) in [4.78, 5) is 24.3. The maximum atomic E-state index is 11.4. The van der Waals surface area contributed by atoms with Crippen LogP contribution in [0.25, 0.3) is 0 Å². The first-order valence-electron chi connectivity index (χ1n) is 5.47. The SMILES string of the molecule is C=C[C@@]1(C(C)=O)CCCN1C(C)=O.CC. The third kappa shape index (κ3) is 2.46. The van der Waals surface area contributed by atoms with Crippen LogP contribution in [0.1, 0.15) is 40.5 Å². The summed E-state index contributed by atoms with van der Waals surface area (Å²) in [5, 5.41) is 0. The number of amides is 1. The lowest BCUT2D eigenvalue weighted by Gasteiger charge is -2.32. The van der Waals surface area contributed by atoms with Crippen molar-refractivity contribution in [2.24, 2.45) is 0 Å². The van der Waals surface area contributed by atoms with Gasteiger partial charge in [0.25, 0.3) is 0 Å². The Morgan fingerprint density at radius 1 is 1.33 bits per heavy atom. The first-order chi connectivity index (χ1) is 7.04. The predicted molar refractivity (Wildman–Crippen MR) is 61.6 cm³/mol. The molecule has 0 N–H and O–H groups in total. The van der Waals surface area contributed by atoms with Crippen molar-refractivity contribution < 1.29 is 9.59 Å². The molecule has 1 heterocycles. The molecule has 1 aliphatic heterocycles. The molecule has 1 atom stereocenters. The summed E-state index contributed by atoms with van der Waals surface area (Å²) in [6.07, 6.45) is 3.19. The smallest absolute Gasteiger partial charge is 0.220 e. The van der Waals surface area contributed by atoms with Crippen LogP contribution in [0, 0.1) is 0 Å². The predicted octanol–water partition coefficient (Wildman–Crippen LogP) is 2.17. The van der Waals surface area contributed by atoms with Crippen molar-refractivity contribution in [2.75, 3.05) is 6.54 Å². The lowest BCUT2D eigenvalue weighted by Crippen LogP contribution is -2.49. The zero-order chi connectivity index (χ0) is 12.1. The molecule has 0 aromatic rings. The molecule has 1 fully saturated rings. The van der Waals surface area contributed by atoms with E-state index in [0.29, 0.717) is 13.0 Å². The van der Waals surface area contributed by atoms with Crippen molar-refractivity contribution in [2.45, 2.75) is 46.1 Å². The molecule has 3 nitrogen and oxygen atoms in total. The molecule has 0 aromatic carbocycles. The van der Waals surface area contributed by atoms with Gasteiger partial charge in [0.05, 0.1) is 0 Å². The largest absolute Gasteiger partial charge is 0.327 e. The van der Waals surface area contributed by atoms with Crippen molar-refractivity contribution in [3.63, 3.8) is 0 Å². The van der Waals surface area contributed by atoms with E-state index in [1.807, 2.05) is 13.8 Å². The van der Waals surface area contributed by atoms with Crippen molar-refractivity contribution in [3.05, 3.63) is 12.7 Å². The third-order valence-corrected chi connectivity index (χ3v) is 2.75. The lowest BCUT2D eigenvalue weighted by molar-refractivity contribution is -0.138. The number of hydrogen-bond acceptors (Lipinski definition) is 2. The number of Topliss-reactive ketones (excluding diaryl/α,β-unsaturated/α-hetero) is 1. The van der Waals surface area contributed by atoms with Crippen LogP contribution in [0.2, 0.25) is 0 Å². The molecule has 0 aliphatic carbocycles. The molecular formula is C12H21NO2. The molecular weight excluding hydrogens is 190 g/mol. The highest BCUT2D eigenvalue weighted by atomic mass is 16.2. The van der Waals surface area contributed by atoms with Crippen LogP contribution in [0.15, 0.2) is 12.7 Å². The summed E-state index contributed by atoms with van der Waals surface area (Å²) in [6, 6.07) is 0. The van der Waals surface area contributed by atoms with E-state index in [-0.39, 0.29) is 11.7 Å². The average Bonchev–Trinajstić information content (AvgIpc) is 2.65. The van der Waals surface area contributed by atoms with Gasteiger partial charge in [-0.15, -0.1) is 6.58 Å². The van der Waals surface area contributed by atoms with Crippen LogP contribution in [0.3, 0.4) is 0 Å². The highest BCUT2D eigenvalue weighted by molar-refractivity contribution is 5.93. The summed E-state index contributed by atoms with van der Waals surface area (Å²) in [5.74, 6) is -0.0391. The monoisotopic (exact) mass is 211 g/mol. The van der Waals surface area contributed by atoms with Crippen molar-refractivity contribution >= 4 is 11.7 Å². The van der Waals surface area contributed by atoms with Crippen LogP contribution < -0.4 is 0 Å². The van der Waals surface area contributed by atoms with E-state index in [1.165, 1.54) is 13.8 Å². The molecule has 1 saturated heterocycles. The Bertz CT molecular complexity index is 260. The minimum absolute atomic E-state index is 0.00944. The van der Waals surface area contributed by atoms with Crippen molar-refractivity contribution in [1.29, 1.82) is 0 Å². The zero-order valence-electron chi connectivity index (χ0n) is 10.2. The second kappa shape index (κ2) is 5.69. The standard InChI is InChI=1S/C10H15NO2.C2H6/c1-4-10(8(2)12)6-5-7-11(10)9(3)13;1-2/h4H,1,5-7H2,2-3H3;1-2H3/t10-;/m0./s1. The minimum atomic E-state index is -0.716. The van der Waals surface area contributed by atoms with E-state index >= 15 is 0 Å². The van der Waals surface area contributed by atoms with Crippen LogP contribution >= 0.6 is 0 Å². The Labute approximate surface area is 92.1 Å². The van der Waals surface area contributed by atoms with Gasteiger partial charge < -0.3 is 4.90 Å². The fourth-order valence-electron chi connectivity index (χ4n) is 2.00. The van der Waals surface area contributed by atoms with Gasteiger partial charge in [-0.2, -0.15) is 0 Å². The fourth-order valence-corrected chi connectivity index (χ4v) is 2.00. The van der Waals surface area contributed by atoms with Crippen LogP contribution in [-0.4, -0.2) is 28.7 Å². The summed E-state index contributed by atoms with van der Waals surface area (Å²) in [5.41, 5.74) is -0.716. The first kappa shape index (κ1) is 13.9. The highest BCUT2D eigenvalue weighted by Gasteiger charge is 2.43. The summed E-state index contributed by atoms with van der Waals surface area (Å²) < 4.78 is 0. The number of nitrogens with zero attached hydrogens (tertiary/aromatic N) is 1. The molecule has 0 saturated carbocycles. The number of hydrogen-bond donors (Lipinski definition) is 0. The molecule has 3 heteroatoms. The van der Waals surface area contributed by atoms with Gasteiger partial charge >= 0.3 is 0 Å². The van der Waals surface area contributed by atoms with E-state index in [9.17, 15) is 9.59 Å². The zero-order valence-corrected chi connectivity index (χ0v) is 10.2. The highest BCUT2D eigenvalue weighted by Crippen LogP contribution is 2.31. The number of ketones is 1. The Balaban J connectivity index is 0.000000921. The van der Waals surface area contributed by atoms with E-state index < -0.39 is 5.54 Å². The van der Waals surface area contributed by atoms with Gasteiger partial charge in [-0.1, -0.05) is 19.9 Å². The summed E-state index contributed by atoms with van der Waals surface area (Å²) >= 11 is 0. The normalized spacial score (nSPS) is 24.1. The van der Waals surface area contributed by atoms with Crippen molar-refractivity contribution in [1.82, 2.24) is 4.90 Å². The van der Waals surface area contributed by atoms with E-state index in [0.717, 1.165) is 6.42 Å². The number of carbonyl (C=O) groups excluding carboxylic acids is 2. The van der Waals surface area contributed by atoms with Crippen LogP contribution in [-0.2, 0) is 9.59 Å². The molecule has 0 aromatic heterocycles. The molecule has 0 spiro atoms. The Morgan fingerprint density at radius 3 is 2.13 bits per heavy atom. The molecule has 0 bridgehead atoms. The maximum Gasteiger partial charge on any atom is 0.220 e. The average molecular weight is 211 g/mol. The van der Waals surface area contributed by atoms with Crippen LogP contribution in [0.4, 0.5) is 0 Å². The quantitative estimate of drug-likeness (QED) is 0.656. The number of likely N-dealkylation sites (tertiary alicyclic amines) is 1. The van der Waals surface area contributed by atoms with E-state index in [2.05, 4.69) is 6.58 Å². The molecule has 1 rings (SSSR count). The maximum absolute atomic E-state index is 11.4. The Morgan fingerprint density at radius 2 is 1.87 bits per heavy atom. The first-order valence-corrected chi connectivity index (χ1v) is 5.47. The van der Waals surface area contributed by atoms with Gasteiger partial charge in [-0.3, -0.25) is 9.59 Å². The van der Waals surface area contributed by atoms with Gasteiger partial charge in [0.1, 0.15) is 5.54 Å². The Kier molecular flexibility index (Phi) is 5.26. The lowest BCUT2D eigenvalue weighted by atomic mass is 9.92. The summed E-state index contributed by atoms with van der Waals surface area (Å²) in [7, 11) is 0. The number of carbonyl (C=O) groups is 2. The van der Waals surface area contributed by atoms with Gasteiger partial charge in [0.2, 0.25) is 5.91 Å². The second-order valence-electron chi connectivity index (χ2n) is 3.46. The van der Waals surface area contributed by atoms with E-state index in [4.69, 9.17) is 0 Å². The fraction of sp³-hybridized carbons (Fsp3) is 0.667. The molecule has 15 heavy (non-hydrogen) atoms. The minimum Gasteiger partial charge on any atom is -0.327 e. The Hall–Kier alpha value is -1.12. The van der Waals surface area contributed by atoms with E-state index in [1.54, 1.807) is 11.0 Å². The van der Waals surface area contributed by atoms with Crippen molar-refractivity contribution in [3.8, 4) is 0 Å². The second-order valence-corrected chi connectivity index (χ2v) is 3.46. The summed E-state index contributed by atoms with van der Waals surface area (Å²) in [6.45, 7) is 11.3. The molecule has 0 unspecified atom stereocenters. The molecule has 1 aliphatic rings. The topological polar surface area (TPSA) is 37.4 Å². The van der Waals surface area contributed by atoms with Crippen LogP contribution in [0.5, 0.6) is 0 Å². The molecule has 86 valence electrons. The molecule has 1 amide bonds. The third-order valence-electron chi connectivity index (χ3n) is 2.75. The molecule has 0 radical (unpaired) electrons. The van der Waals surface area contributed by atoms with Gasteiger partial charge in [-0.25, -0.2) is 0 Å².